The number of aliphatic carboxylic acids is 1. The first kappa shape index (κ1) is 20.2. The lowest BCUT2D eigenvalue weighted by Gasteiger charge is -2.39. The summed E-state index contributed by atoms with van der Waals surface area (Å²) in [7, 11) is 0. The van der Waals surface area contributed by atoms with Gasteiger partial charge in [0.25, 0.3) is 0 Å². The maximum atomic E-state index is 12.9. The molecule has 2 fully saturated rings. The highest BCUT2D eigenvalue weighted by molar-refractivity contribution is 5.79. The van der Waals surface area contributed by atoms with Gasteiger partial charge in [-0.15, -0.1) is 0 Å². The minimum absolute atomic E-state index is 0.114. The molecule has 1 saturated carbocycles. The number of likely N-dealkylation sites (tertiary alicyclic amines) is 1. The van der Waals surface area contributed by atoms with E-state index >= 15 is 0 Å². The van der Waals surface area contributed by atoms with Crippen molar-refractivity contribution in [3.05, 3.63) is 0 Å². The highest BCUT2D eigenvalue weighted by Crippen LogP contribution is 2.25. The predicted octanol–water partition coefficient (Wildman–Crippen LogP) is 2.04. The fourth-order valence-electron chi connectivity index (χ4n) is 4.48. The van der Waals surface area contributed by atoms with E-state index in [1.54, 1.807) is 0 Å². The molecule has 144 valence electrons. The second-order valence-corrected chi connectivity index (χ2v) is 7.80. The summed E-state index contributed by atoms with van der Waals surface area (Å²) < 4.78 is 0. The van der Waals surface area contributed by atoms with Gasteiger partial charge in [-0.05, 0) is 46.1 Å². The molecule has 6 nitrogen and oxygen atoms in total. The van der Waals surface area contributed by atoms with Gasteiger partial charge in [-0.25, -0.2) is 0 Å². The van der Waals surface area contributed by atoms with E-state index < -0.39 is 5.97 Å². The van der Waals surface area contributed by atoms with Crippen LogP contribution >= 0.6 is 0 Å². The molecule has 6 heteroatoms. The Balaban J connectivity index is 1.83. The number of rotatable bonds is 8. The monoisotopic (exact) mass is 353 g/mol. The van der Waals surface area contributed by atoms with Crippen LogP contribution in [0, 0.1) is 0 Å². The number of carbonyl (C=O) groups excluding carboxylic acids is 1. The Morgan fingerprint density at radius 3 is 2.16 bits per heavy atom. The lowest BCUT2D eigenvalue weighted by Crippen LogP contribution is -2.51. The van der Waals surface area contributed by atoms with Gasteiger partial charge in [0.05, 0.1) is 13.1 Å². The van der Waals surface area contributed by atoms with Crippen molar-refractivity contribution in [2.75, 3.05) is 32.7 Å². The summed E-state index contributed by atoms with van der Waals surface area (Å²) in [5, 5.41) is 9.03. The third-order valence-electron chi connectivity index (χ3n) is 5.74. The Morgan fingerprint density at radius 1 is 1.08 bits per heavy atom. The topological polar surface area (TPSA) is 64.1 Å². The zero-order valence-electron chi connectivity index (χ0n) is 16.1. The number of carboxylic acids is 1. The minimum Gasteiger partial charge on any atom is -0.480 e. The molecule has 0 atom stereocenters. The Hall–Kier alpha value is -1.14. The molecule has 0 bridgehead atoms. The number of hydrogen-bond acceptors (Lipinski definition) is 4. The number of carbonyl (C=O) groups is 2. The van der Waals surface area contributed by atoms with Crippen molar-refractivity contribution in [2.24, 2.45) is 0 Å². The number of carboxylic acid groups (broad SMARTS) is 1. The van der Waals surface area contributed by atoms with Gasteiger partial charge in [-0.3, -0.25) is 19.4 Å². The van der Waals surface area contributed by atoms with Crippen molar-refractivity contribution < 1.29 is 14.7 Å². The van der Waals surface area contributed by atoms with Gasteiger partial charge in [-0.1, -0.05) is 19.8 Å². The van der Waals surface area contributed by atoms with Gasteiger partial charge in [0, 0.05) is 31.2 Å². The summed E-state index contributed by atoms with van der Waals surface area (Å²) in [6.45, 7) is 9.39. The molecule has 1 heterocycles. The third-order valence-corrected chi connectivity index (χ3v) is 5.74. The molecule has 2 rings (SSSR count). The fraction of sp³-hybridized carbons (Fsp3) is 0.895. The van der Waals surface area contributed by atoms with E-state index in [4.69, 9.17) is 5.11 Å². The van der Waals surface area contributed by atoms with Crippen LogP contribution in [0.1, 0.15) is 59.3 Å². The molecule has 1 aliphatic carbocycles. The lowest BCUT2D eigenvalue weighted by atomic mass is 10.0. The van der Waals surface area contributed by atoms with Gasteiger partial charge in [0.1, 0.15) is 0 Å². The van der Waals surface area contributed by atoms with Crippen molar-refractivity contribution in [1.82, 2.24) is 14.7 Å². The minimum atomic E-state index is -0.761. The molecule has 0 spiro atoms. The highest BCUT2D eigenvalue weighted by atomic mass is 16.4. The van der Waals surface area contributed by atoms with E-state index in [-0.39, 0.29) is 18.5 Å². The van der Waals surface area contributed by atoms with Gasteiger partial charge in [-0.2, -0.15) is 0 Å². The smallest absolute Gasteiger partial charge is 0.317 e. The Labute approximate surface area is 152 Å². The second kappa shape index (κ2) is 9.53. The van der Waals surface area contributed by atoms with Crippen molar-refractivity contribution in [2.45, 2.75) is 77.4 Å². The molecular weight excluding hydrogens is 318 g/mol. The average Bonchev–Trinajstić information content (AvgIpc) is 3.07. The molecule has 0 aromatic heterocycles. The first-order valence-corrected chi connectivity index (χ1v) is 9.91. The van der Waals surface area contributed by atoms with Crippen LogP contribution in [-0.2, 0) is 9.59 Å². The van der Waals surface area contributed by atoms with E-state index in [1.807, 2.05) is 11.8 Å². The summed E-state index contributed by atoms with van der Waals surface area (Å²) in [5.41, 5.74) is 0. The fourth-order valence-corrected chi connectivity index (χ4v) is 4.48. The first-order chi connectivity index (χ1) is 11.9. The van der Waals surface area contributed by atoms with Gasteiger partial charge in [0.2, 0.25) is 5.91 Å². The standard InChI is InChI=1S/C19H35N3O3/c1-4-21(14-19(24)25)16-9-11-20(12-10-16)13-18(23)22(15(2)3)17-7-5-6-8-17/h15-17H,4-14H2,1-3H3,(H,24,25). The van der Waals surface area contributed by atoms with E-state index in [1.165, 1.54) is 12.8 Å². The number of likely N-dealkylation sites (N-methyl/N-ethyl adjacent to an activating group) is 1. The first-order valence-electron chi connectivity index (χ1n) is 9.91. The molecule has 1 N–H and O–H groups in total. The largest absolute Gasteiger partial charge is 0.480 e. The number of hydrogen-bond donors (Lipinski definition) is 1. The summed E-state index contributed by atoms with van der Waals surface area (Å²) in [6, 6.07) is 1.01. The molecule has 1 aliphatic heterocycles. The Kier molecular flexibility index (Phi) is 7.69. The summed E-state index contributed by atoms with van der Waals surface area (Å²) >= 11 is 0. The quantitative estimate of drug-likeness (QED) is 0.723. The van der Waals surface area contributed by atoms with Crippen LogP contribution in [0.5, 0.6) is 0 Å². The number of amides is 1. The van der Waals surface area contributed by atoms with Crippen molar-refractivity contribution in [3.63, 3.8) is 0 Å². The highest BCUT2D eigenvalue weighted by Gasteiger charge is 2.31. The molecule has 1 saturated heterocycles. The predicted molar refractivity (Wildman–Crippen MR) is 98.6 cm³/mol. The van der Waals surface area contributed by atoms with Gasteiger partial charge < -0.3 is 10.0 Å². The molecule has 1 amide bonds. The van der Waals surface area contributed by atoms with E-state index in [0.29, 0.717) is 18.6 Å². The van der Waals surface area contributed by atoms with Crippen LogP contribution in [0.2, 0.25) is 0 Å². The normalized spacial score (nSPS) is 20.5. The van der Waals surface area contributed by atoms with Crippen LogP contribution < -0.4 is 0 Å². The van der Waals surface area contributed by atoms with Crippen molar-refractivity contribution in [3.8, 4) is 0 Å². The van der Waals surface area contributed by atoms with Crippen LogP contribution in [0.4, 0.5) is 0 Å². The molecular formula is C19H35N3O3. The van der Waals surface area contributed by atoms with Crippen molar-refractivity contribution in [1.29, 1.82) is 0 Å². The van der Waals surface area contributed by atoms with Crippen LogP contribution in [0.25, 0.3) is 0 Å². The summed E-state index contributed by atoms with van der Waals surface area (Å²) in [4.78, 5) is 30.2. The molecule has 25 heavy (non-hydrogen) atoms. The number of piperidine rings is 1. The van der Waals surface area contributed by atoms with E-state index in [9.17, 15) is 9.59 Å². The van der Waals surface area contributed by atoms with Gasteiger partial charge in [0.15, 0.2) is 0 Å². The summed E-state index contributed by atoms with van der Waals surface area (Å²) in [6.07, 6.45) is 6.66. The van der Waals surface area contributed by atoms with Gasteiger partial charge >= 0.3 is 5.97 Å². The summed E-state index contributed by atoms with van der Waals surface area (Å²) in [5.74, 6) is -0.498. The number of nitrogens with zero attached hydrogens (tertiary/aromatic N) is 3. The van der Waals surface area contributed by atoms with E-state index in [0.717, 1.165) is 45.3 Å². The Morgan fingerprint density at radius 2 is 1.68 bits per heavy atom. The molecule has 0 unspecified atom stereocenters. The zero-order chi connectivity index (χ0) is 18.4. The Bertz CT molecular complexity index is 441. The second-order valence-electron chi connectivity index (χ2n) is 7.80. The third kappa shape index (κ3) is 5.68. The maximum Gasteiger partial charge on any atom is 0.317 e. The molecule has 0 aromatic carbocycles. The van der Waals surface area contributed by atoms with E-state index in [2.05, 4.69) is 23.6 Å². The average molecular weight is 354 g/mol. The molecule has 2 aliphatic rings. The van der Waals surface area contributed by atoms with Crippen LogP contribution in [0.15, 0.2) is 0 Å². The molecule has 0 aromatic rings. The zero-order valence-corrected chi connectivity index (χ0v) is 16.1. The van der Waals surface area contributed by atoms with Crippen LogP contribution in [0.3, 0.4) is 0 Å². The van der Waals surface area contributed by atoms with Crippen LogP contribution in [-0.4, -0.2) is 82.5 Å². The SMILES string of the molecule is CCN(CC(=O)O)C1CCN(CC(=O)N(C(C)C)C2CCCC2)CC1. The lowest BCUT2D eigenvalue weighted by molar-refractivity contribution is -0.139. The van der Waals surface area contributed by atoms with Crippen molar-refractivity contribution >= 4 is 11.9 Å². The maximum absolute atomic E-state index is 12.9. The molecule has 0 radical (unpaired) electrons.